The first-order chi connectivity index (χ1) is 6.22. The second-order valence-electron chi connectivity index (χ2n) is 2.91. The van der Waals surface area contributed by atoms with E-state index in [-0.39, 0.29) is 0 Å². The van der Waals surface area contributed by atoms with Crippen LogP contribution in [-0.4, -0.2) is 4.57 Å². The molecule has 64 valence electrons. The second-order valence-corrected chi connectivity index (χ2v) is 3.72. The Hall–Kier alpha value is -1.27. The Morgan fingerprint density at radius 2 is 2.15 bits per heavy atom. The lowest BCUT2D eigenvalue weighted by atomic mass is 10.2. The maximum Gasteiger partial charge on any atom is 0.0992 e. The summed E-state index contributed by atoms with van der Waals surface area (Å²) in [5.41, 5.74) is 1.77. The third-order valence-corrected chi connectivity index (χ3v) is 2.88. The summed E-state index contributed by atoms with van der Waals surface area (Å²) in [5, 5.41) is 9.87. The number of rotatable bonds is 0. The summed E-state index contributed by atoms with van der Waals surface area (Å²) in [7, 11) is 1.97. The molecule has 0 aliphatic heterocycles. The van der Waals surface area contributed by atoms with Gasteiger partial charge in [0.25, 0.3) is 0 Å². The molecule has 13 heavy (non-hydrogen) atoms. The molecule has 0 spiro atoms. The van der Waals surface area contributed by atoms with Crippen LogP contribution in [0.5, 0.6) is 0 Å². The quantitative estimate of drug-likeness (QED) is 0.690. The van der Waals surface area contributed by atoms with Gasteiger partial charge in [0.05, 0.1) is 16.2 Å². The number of hydrogen-bond donors (Lipinski definition) is 0. The van der Waals surface area contributed by atoms with Crippen molar-refractivity contribution in [2.75, 3.05) is 0 Å². The first kappa shape index (κ1) is 8.33. The van der Waals surface area contributed by atoms with E-state index in [9.17, 15) is 0 Å². The lowest BCUT2D eigenvalue weighted by molar-refractivity contribution is 0.941. The van der Waals surface area contributed by atoms with Gasteiger partial charge in [0.15, 0.2) is 0 Å². The molecule has 0 saturated heterocycles. The molecule has 0 aliphatic rings. The van der Waals surface area contributed by atoms with Crippen LogP contribution in [-0.2, 0) is 7.05 Å². The minimum Gasteiger partial charge on any atom is -0.338 e. The molecule has 1 aromatic heterocycles. The molecule has 0 atom stereocenters. The van der Waals surface area contributed by atoms with E-state index in [2.05, 4.69) is 22.0 Å². The molecular weight excluding hydrogens is 228 g/mol. The van der Waals surface area contributed by atoms with Crippen LogP contribution < -0.4 is 0 Å². The Morgan fingerprint density at radius 3 is 2.85 bits per heavy atom. The van der Waals surface area contributed by atoms with Crippen LogP contribution in [0.2, 0.25) is 0 Å². The Bertz CT molecular complexity index is 505. The number of hydrogen-bond acceptors (Lipinski definition) is 1. The molecule has 1 aromatic carbocycles. The number of benzene rings is 1. The number of halogens is 1. The first-order valence-corrected chi connectivity index (χ1v) is 4.67. The van der Waals surface area contributed by atoms with Gasteiger partial charge in [0.1, 0.15) is 0 Å². The van der Waals surface area contributed by atoms with Crippen molar-refractivity contribution in [1.29, 1.82) is 5.26 Å². The summed E-state index contributed by atoms with van der Waals surface area (Å²) in [4.78, 5) is 0. The average Bonchev–Trinajstić information content (AvgIpc) is 2.43. The van der Waals surface area contributed by atoms with Crippen LogP contribution in [0.1, 0.15) is 5.56 Å². The maximum atomic E-state index is 8.72. The summed E-state index contributed by atoms with van der Waals surface area (Å²) in [5.74, 6) is 0. The highest BCUT2D eigenvalue weighted by Gasteiger charge is 2.03. The SMILES string of the molecule is Cn1c(Br)cc2ccc(C#N)cc21. The van der Waals surface area contributed by atoms with Crippen LogP contribution >= 0.6 is 15.9 Å². The molecule has 0 unspecified atom stereocenters. The van der Waals surface area contributed by atoms with Crippen molar-refractivity contribution >= 4 is 26.8 Å². The zero-order chi connectivity index (χ0) is 9.42. The summed E-state index contributed by atoms with van der Waals surface area (Å²) in [6.45, 7) is 0. The molecule has 2 aromatic rings. The van der Waals surface area contributed by atoms with E-state index in [1.54, 1.807) is 0 Å². The second kappa shape index (κ2) is 2.90. The van der Waals surface area contributed by atoms with E-state index >= 15 is 0 Å². The molecule has 2 nitrogen and oxygen atoms in total. The van der Waals surface area contributed by atoms with E-state index in [0.29, 0.717) is 5.56 Å². The standard InChI is InChI=1S/C10H7BrN2/c1-13-9-4-7(6-12)2-3-8(9)5-10(13)11/h2-5H,1H3. The van der Waals surface area contributed by atoms with Crippen molar-refractivity contribution in [2.24, 2.45) is 7.05 Å². The van der Waals surface area contributed by atoms with E-state index < -0.39 is 0 Å². The van der Waals surface area contributed by atoms with Crippen molar-refractivity contribution < 1.29 is 0 Å². The number of nitrogens with zero attached hydrogens (tertiary/aromatic N) is 2. The van der Waals surface area contributed by atoms with Gasteiger partial charge in [-0.25, -0.2) is 0 Å². The van der Waals surface area contributed by atoms with E-state index in [0.717, 1.165) is 15.5 Å². The molecule has 0 fully saturated rings. The first-order valence-electron chi connectivity index (χ1n) is 3.87. The molecule has 0 amide bonds. The highest BCUT2D eigenvalue weighted by molar-refractivity contribution is 9.10. The number of aromatic nitrogens is 1. The molecule has 0 radical (unpaired) electrons. The highest BCUT2D eigenvalue weighted by atomic mass is 79.9. The van der Waals surface area contributed by atoms with Crippen molar-refractivity contribution in [2.45, 2.75) is 0 Å². The van der Waals surface area contributed by atoms with Gasteiger partial charge < -0.3 is 4.57 Å². The normalized spacial score (nSPS) is 10.2. The zero-order valence-corrected chi connectivity index (χ0v) is 8.67. The van der Waals surface area contributed by atoms with Gasteiger partial charge >= 0.3 is 0 Å². The molecule has 0 N–H and O–H groups in total. The van der Waals surface area contributed by atoms with Crippen LogP contribution in [0.4, 0.5) is 0 Å². The highest BCUT2D eigenvalue weighted by Crippen LogP contribution is 2.23. The molecule has 0 bridgehead atoms. The Balaban J connectivity index is 2.84. The minimum atomic E-state index is 0.696. The Morgan fingerprint density at radius 1 is 1.38 bits per heavy atom. The summed E-state index contributed by atoms with van der Waals surface area (Å²) < 4.78 is 3.04. The van der Waals surface area contributed by atoms with Crippen molar-refractivity contribution in [3.8, 4) is 6.07 Å². The molecule has 2 rings (SSSR count). The fourth-order valence-corrected chi connectivity index (χ4v) is 1.80. The Kier molecular flexibility index (Phi) is 1.86. The van der Waals surface area contributed by atoms with Crippen LogP contribution in [0.25, 0.3) is 10.9 Å². The smallest absolute Gasteiger partial charge is 0.0992 e. The third-order valence-electron chi connectivity index (χ3n) is 2.12. The van der Waals surface area contributed by atoms with Crippen LogP contribution in [0, 0.1) is 11.3 Å². The van der Waals surface area contributed by atoms with Gasteiger partial charge in [0.2, 0.25) is 0 Å². The van der Waals surface area contributed by atoms with E-state index in [4.69, 9.17) is 5.26 Å². The average molecular weight is 235 g/mol. The fourth-order valence-electron chi connectivity index (χ4n) is 1.37. The predicted molar refractivity (Wildman–Crippen MR) is 55.3 cm³/mol. The van der Waals surface area contributed by atoms with Gasteiger partial charge in [0, 0.05) is 18.0 Å². The molecule has 0 aliphatic carbocycles. The van der Waals surface area contributed by atoms with Gasteiger partial charge in [-0.15, -0.1) is 0 Å². The van der Waals surface area contributed by atoms with Crippen molar-refractivity contribution in [3.63, 3.8) is 0 Å². The number of aryl methyl sites for hydroxylation is 1. The summed E-state index contributed by atoms with van der Waals surface area (Å²) >= 11 is 3.44. The zero-order valence-electron chi connectivity index (χ0n) is 7.08. The lowest BCUT2D eigenvalue weighted by Crippen LogP contribution is -1.86. The van der Waals surface area contributed by atoms with Crippen molar-refractivity contribution in [1.82, 2.24) is 4.57 Å². The minimum absolute atomic E-state index is 0.696. The van der Waals surface area contributed by atoms with E-state index in [1.807, 2.05) is 35.9 Å². The lowest BCUT2D eigenvalue weighted by Gasteiger charge is -1.97. The van der Waals surface area contributed by atoms with Gasteiger partial charge in [-0.2, -0.15) is 5.26 Å². The molecule has 1 heterocycles. The largest absolute Gasteiger partial charge is 0.338 e. The monoisotopic (exact) mass is 234 g/mol. The topological polar surface area (TPSA) is 28.7 Å². The van der Waals surface area contributed by atoms with Gasteiger partial charge in [-0.05, 0) is 34.1 Å². The predicted octanol–water partition coefficient (Wildman–Crippen LogP) is 2.81. The van der Waals surface area contributed by atoms with E-state index in [1.165, 1.54) is 0 Å². The van der Waals surface area contributed by atoms with Crippen LogP contribution in [0.3, 0.4) is 0 Å². The fraction of sp³-hybridized carbons (Fsp3) is 0.100. The molecular formula is C10H7BrN2. The van der Waals surface area contributed by atoms with Gasteiger partial charge in [-0.3, -0.25) is 0 Å². The molecule has 3 heteroatoms. The number of fused-ring (bicyclic) bond motifs is 1. The van der Waals surface area contributed by atoms with Crippen LogP contribution in [0.15, 0.2) is 28.9 Å². The van der Waals surface area contributed by atoms with Gasteiger partial charge in [-0.1, -0.05) is 6.07 Å². The Labute approximate surface area is 84.5 Å². The third kappa shape index (κ3) is 1.24. The molecule has 0 saturated carbocycles. The summed E-state index contributed by atoms with van der Waals surface area (Å²) in [6, 6.07) is 9.84. The number of nitriles is 1. The summed E-state index contributed by atoms with van der Waals surface area (Å²) in [6.07, 6.45) is 0. The maximum absolute atomic E-state index is 8.72. The van der Waals surface area contributed by atoms with Crippen molar-refractivity contribution in [3.05, 3.63) is 34.4 Å².